The van der Waals surface area contributed by atoms with Gasteiger partial charge in [-0.2, -0.15) is 0 Å². The van der Waals surface area contributed by atoms with Gasteiger partial charge in [0.15, 0.2) is 5.96 Å². The normalized spacial score (nSPS) is 11.7. The van der Waals surface area contributed by atoms with Crippen LogP contribution in [0.4, 0.5) is 5.69 Å². The highest BCUT2D eigenvalue weighted by Crippen LogP contribution is 2.25. The molecule has 0 aliphatic carbocycles. The van der Waals surface area contributed by atoms with Crippen LogP contribution in [0.15, 0.2) is 34.6 Å². The van der Waals surface area contributed by atoms with Gasteiger partial charge in [-0.3, -0.25) is 0 Å². The number of hydrogen-bond acceptors (Lipinski definition) is 4. The van der Waals surface area contributed by atoms with E-state index in [0.29, 0.717) is 12.5 Å². The van der Waals surface area contributed by atoms with Crippen LogP contribution in [-0.2, 0) is 12.0 Å². The number of nitrogens with one attached hydrogen (secondary N) is 1. The molecular weight excluding hydrogens is 423 g/mol. The third-order valence-electron chi connectivity index (χ3n) is 2.97. The number of halogens is 1. The molecule has 2 rings (SSSR count). The molecule has 7 heteroatoms. The Kier molecular flexibility index (Phi) is 7.27. The highest BCUT2D eigenvalue weighted by atomic mass is 127. The first-order chi connectivity index (χ1) is 10.4. The van der Waals surface area contributed by atoms with Crippen LogP contribution in [0.3, 0.4) is 0 Å². The molecule has 1 heterocycles. The lowest BCUT2D eigenvalue weighted by Crippen LogP contribution is -2.22. The van der Waals surface area contributed by atoms with Crippen molar-refractivity contribution < 1.29 is 4.74 Å². The Morgan fingerprint density at radius 1 is 1.30 bits per heavy atom. The van der Waals surface area contributed by atoms with Crippen molar-refractivity contribution in [2.45, 2.75) is 32.7 Å². The molecule has 2 aromatic rings. The van der Waals surface area contributed by atoms with Gasteiger partial charge >= 0.3 is 0 Å². The van der Waals surface area contributed by atoms with Gasteiger partial charge in [0.1, 0.15) is 5.75 Å². The number of hydrogen-bond donors (Lipinski definition) is 2. The lowest BCUT2D eigenvalue weighted by molar-refractivity contribution is 0.415. The van der Waals surface area contributed by atoms with Gasteiger partial charge in [-0.1, -0.05) is 20.8 Å². The molecule has 0 atom stereocenters. The number of ether oxygens (including phenoxy) is 1. The fourth-order valence-corrected chi connectivity index (χ4v) is 2.65. The third-order valence-corrected chi connectivity index (χ3v) is 4.28. The summed E-state index contributed by atoms with van der Waals surface area (Å²) in [6, 6.07) is 7.51. The van der Waals surface area contributed by atoms with Crippen LogP contribution >= 0.6 is 35.3 Å². The Morgan fingerprint density at radius 3 is 2.48 bits per heavy atom. The second-order valence-corrected chi connectivity index (χ2v) is 6.81. The Bertz CT molecular complexity index is 647. The van der Waals surface area contributed by atoms with Crippen LogP contribution in [0.2, 0.25) is 0 Å². The number of benzene rings is 1. The summed E-state index contributed by atoms with van der Waals surface area (Å²) in [5.74, 6) is 1.17. The van der Waals surface area contributed by atoms with Gasteiger partial charge < -0.3 is 15.8 Å². The van der Waals surface area contributed by atoms with Crippen LogP contribution < -0.4 is 15.8 Å². The zero-order chi connectivity index (χ0) is 16.2. The summed E-state index contributed by atoms with van der Waals surface area (Å²) in [5, 5.41) is 6.19. The van der Waals surface area contributed by atoms with E-state index in [1.165, 1.54) is 0 Å². The van der Waals surface area contributed by atoms with Gasteiger partial charge in [0.25, 0.3) is 0 Å². The number of nitrogens with zero attached hydrogens (tertiary/aromatic N) is 2. The van der Waals surface area contributed by atoms with Crippen LogP contribution in [0, 0.1) is 0 Å². The first-order valence-corrected chi connectivity index (χ1v) is 7.92. The Balaban J connectivity index is 0.00000264. The van der Waals surface area contributed by atoms with E-state index >= 15 is 0 Å². The Labute approximate surface area is 158 Å². The molecule has 0 saturated heterocycles. The molecule has 5 nitrogen and oxygen atoms in total. The number of methoxy groups -OCH3 is 1. The predicted octanol–water partition coefficient (Wildman–Crippen LogP) is 3.99. The minimum Gasteiger partial charge on any atom is -0.497 e. The molecule has 3 N–H and O–H groups in total. The second kappa shape index (κ2) is 8.49. The van der Waals surface area contributed by atoms with E-state index in [1.54, 1.807) is 18.4 Å². The van der Waals surface area contributed by atoms with E-state index in [-0.39, 0.29) is 29.4 Å². The molecule has 0 aliphatic heterocycles. The summed E-state index contributed by atoms with van der Waals surface area (Å²) < 4.78 is 5.11. The van der Waals surface area contributed by atoms with Gasteiger partial charge in [-0.15, -0.1) is 35.3 Å². The van der Waals surface area contributed by atoms with Gasteiger partial charge in [0.2, 0.25) is 0 Å². The number of guanidine groups is 1. The minimum atomic E-state index is 0. The molecule has 0 unspecified atom stereocenters. The van der Waals surface area contributed by atoms with Crippen molar-refractivity contribution in [2.75, 3.05) is 12.4 Å². The van der Waals surface area contributed by atoms with Crippen LogP contribution in [-0.4, -0.2) is 18.1 Å². The van der Waals surface area contributed by atoms with E-state index < -0.39 is 0 Å². The lowest BCUT2D eigenvalue weighted by atomic mass is 9.98. The molecule has 0 radical (unpaired) electrons. The molecule has 0 amide bonds. The van der Waals surface area contributed by atoms with Crippen molar-refractivity contribution in [3.05, 3.63) is 40.3 Å². The van der Waals surface area contributed by atoms with Crippen LogP contribution in [0.5, 0.6) is 5.75 Å². The number of nitrogens with two attached hydrogens (primary N) is 1. The maximum Gasteiger partial charge on any atom is 0.193 e. The molecule has 0 aliphatic rings. The largest absolute Gasteiger partial charge is 0.497 e. The molecule has 0 fully saturated rings. The number of anilines is 1. The molecule has 0 saturated carbocycles. The number of aliphatic imine (C=N–C) groups is 1. The minimum absolute atomic E-state index is 0. The fraction of sp³-hybridized carbons (Fsp3) is 0.375. The lowest BCUT2D eigenvalue weighted by Gasteiger charge is -2.13. The Hall–Kier alpha value is -1.35. The highest BCUT2D eigenvalue weighted by Gasteiger charge is 2.17. The maximum absolute atomic E-state index is 5.90. The summed E-state index contributed by atoms with van der Waals surface area (Å²) in [6.45, 7) is 6.93. The van der Waals surface area contributed by atoms with E-state index in [9.17, 15) is 0 Å². The van der Waals surface area contributed by atoms with Crippen molar-refractivity contribution in [1.82, 2.24) is 4.98 Å². The average Bonchev–Trinajstić information content (AvgIpc) is 2.95. The van der Waals surface area contributed by atoms with Crippen LogP contribution in [0.25, 0.3) is 0 Å². The summed E-state index contributed by atoms with van der Waals surface area (Å²) in [5.41, 5.74) is 7.78. The van der Waals surface area contributed by atoms with Crippen molar-refractivity contribution in [3.8, 4) is 5.75 Å². The van der Waals surface area contributed by atoms with Gasteiger partial charge in [-0.05, 0) is 24.3 Å². The predicted molar refractivity (Wildman–Crippen MR) is 108 cm³/mol. The van der Waals surface area contributed by atoms with Crippen LogP contribution in [0.1, 0.15) is 31.5 Å². The monoisotopic (exact) mass is 446 g/mol. The summed E-state index contributed by atoms with van der Waals surface area (Å²) in [4.78, 5) is 8.92. The SMILES string of the molecule is COc1ccc(NC(N)=NCc2csc(C(C)(C)C)n2)cc1.I. The van der Waals surface area contributed by atoms with E-state index in [2.05, 4.69) is 36.1 Å². The van der Waals surface area contributed by atoms with E-state index in [4.69, 9.17) is 10.5 Å². The maximum atomic E-state index is 5.90. The Morgan fingerprint density at radius 2 is 1.96 bits per heavy atom. The quantitative estimate of drug-likeness (QED) is 0.423. The number of rotatable bonds is 4. The molecular formula is C16H23IN4OS. The smallest absolute Gasteiger partial charge is 0.193 e. The molecule has 23 heavy (non-hydrogen) atoms. The summed E-state index contributed by atoms with van der Waals surface area (Å²) in [6.07, 6.45) is 0. The van der Waals surface area contributed by atoms with Gasteiger partial charge in [0.05, 0.1) is 24.4 Å². The molecule has 126 valence electrons. The fourth-order valence-electron chi connectivity index (χ4n) is 1.75. The first-order valence-electron chi connectivity index (χ1n) is 7.04. The molecule has 1 aromatic carbocycles. The molecule has 0 spiro atoms. The summed E-state index contributed by atoms with van der Waals surface area (Å²) in [7, 11) is 1.64. The number of aromatic nitrogens is 1. The molecule has 1 aromatic heterocycles. The van der Waals surface area contributed by atoms with Crippen molar-refractivity contribution in [2.24, 2.45) is 10.7 Å². The third kappa shape index (κ3) is 5.98. The van der Waals surface area contributed by atoms with Crippen molar-refractivity contribution in [1.29, 1.82) is 0 Å². The highest BCUT2D eigenvalue weighted by molar-refractivity contribution is 14.0. The van der Waals surface area contributed by atoms with Gasteiger partial charge in [0, 0.05) is 16.5 Å². The molecule has 0 bridgehead atoms. The van der Waals surface area contributed by atoms with Crippen molar-refractivity contribution >= 4 is 47.0 Å². The standard InChI is InChI=1S/C16H22N4OS.HI/c1-16(2,3)14-19-12(10-22-14)9-18-15(17)20-11-5-7-13(21-4)8-6-11;/h5-8,10H,9H2,1-4H3,(H3,17,18,20);1H. The van der Waals surface area contributed by atoms with Crippen molar-refractivity contribution in [3.63, 3.8) is 0 Å². The van der Waals surface area contributed by atoms with Gasteiger partial charge in [-0.25, -0.2) is 9.98 Å². The average molecular weight is 446 g/mol. The topological polar surface area (TPSA) is 72.5 Å². The van der Waals surface area contributed by atoms with E-state index in [0.717, 1.165) is 22.1 Å². The number of thiazole rings is 1. The first kappa shape index (κ1) is 19.7. The summed E-state index contributed by atoms with van der Waals surface area (Å²) >= 11 is 1.66. The zero-order valence-corrected chi connectivity index (χ0v) is 16.9. The zero-order valence-electron chi connectivity index (χ0n) is 13.8. The van der Waals surface area contributed by atoms with E-state index in [1.807, 2.05) is 29.6 Å². The second-order valence-electron chi connectivity index (χ2n) is 5.95.